The minimum absolute atomic E-state index is 0.132. The van der Waals surface area contributed by atoms with E-state index in [4.69, 9.17) is 0 Å². The molecule has 0 saturated heterocycles. The zero-order valence-corrected chi connectivity index (χ0v) is 12.6. The van der Waals surface area contributed by atoms with Crippen molar-refractivity contribution in [3.8, 4) is 0 Å². The van der Waals surface area contributed by atoms with Gasteiger partial charge in [-0.15, -0.1) is 0 Å². The molecule has 2 nitrogen and oxygen atoms in total. The number of carbonyl (C=O) groups is 1. The van der Waals surface area contributed by atoms with Gasteiger partial charge in [0.05, 0.1) is 0 Å². The van der Waals surface area contributed by atoms with Gasteiger partial charge < -0.3 is 4.90 Å². The van der Waals surface area contributed by atoms with Crippen LogP contribution >= 0.6 is 0 Å². The van der Waals surface area contributed by atoms with E-state index in [0.717, 1.165) is 6.42 Å². The maximum absolute atomic E-state index is 12.4. The van der Waals surface area contributed by atoms with Crippen LogP contribution in [0.1, 0.15) is 47.5 Å². The number of amides is 1. The Bertz CT molecular complexity index is 281. The average molecular weight is 239 g/mol. The maximum Gasteiger partial charge on any atom is 0.225 e. The fraction of sp³-hybridized carbons (Fsp3) is 0.933. The van der Waals surface area contributed by atoms with Gasteiger partial charge in [0.2, 0.25) is 5.91 Å². The highest BCUT2D eigenvalue weighted by molar-refractivity contribution is 5.79. The third-order valence-corrected chi connectivity index (χ3v) is 5.04. The minimum Gasteiger partial charge on any atom is -0.349 e. The van der Waals surface area contributed by atoms with Crippen molar-refractivity contribution in [1.29, 1.82) is 0 Å². The Kier molecular flexibility index (Phi) is 4.27. The Hall–Kier alpha value is -0.530. The lowest BCUT2D eigenvalue weighted by Crippen LogP contribution is -2.47. The van der Waals surface area contributed by atoms with Crippen molar-refractivity contribution in [3.05, 3.63) is 0 Å². The molecule has 1 aliphatic rings. The lowest BCUT2D eigenvalue weighted by atomic mass is 9.58. The summed E-state index contributed by atoms with van der Waals surface area (Å²) in [5, 5.41) is 0. The normalized spacial score (nSPS) is 32.6. The van der Waals surface area contributed by atoms with E-state index in [2.05, 4.69) is 34.6 Å². The van der Waals surface area contributed by atoms with E-state index in [1.807, 2.05) is 14.1 Å². The van der Waals surface area contributed by atoms with Crippen molar-refractivity contribution in [2.45, 2.75) is 47.5 Å². The number of hydrogen-bond acceptors (Lipinski definition) is 1. The van der Waals surface area contributed by atoms with E-state index in [9.17, 15) is 4.79 Å². The van der Waals surface area contributed by atoms with Crippen molar-refractivity contribution in [1.82, 2.24) is 4.90 Å². The van der Waals surface area contributed by atoms with Crippen molar-refractivity contribution in [2.75, 3.05) is 14.1 Å². The van der Waals surface area contributed by atoms with Gasteiger partial charge in [0.15, 0.2) is 0 Å². The monoisotopic (exact) mass is 239 g/mol. The van der Waals surface area contributed by atoms with Crippen LogP contribution < -0.4 is 0 Å². The zero-order valence-electron chi connectivity index (χ0n) is 12.6. The molecule has 0 aromatic carbocycles. The predicted molar refractivity (Wildman–Crippen MR) is 72.7 cm³/mol. The number of carbonyl (C=O) groups excluding carboxylic acids is 1. The lowest BCUT2D eigenvalue weighted by Gasteiger charge is -2.47. The van der Waals surface area contributed by atoms with Crippen LogP contribution in [0.25, 0.3) is 0 Å². The van der Waals surface area contributed by atoms with E-state index in [-0.39, 0.29) is 11.3 Å². The first-order chi connectivity index (χ1) is 7.67. The molecule has 1 unspecified atom stereocenters. The van der Waals surface area contributed by atoms with Crippen LogP contribution in [-0.4, -0.2) is 24.9 Å². The Morgan fingerprint density at radius 2 is 1.76 bits per heavy atom. The van der Waals surface area contributed by atoms with Crippen molar-refractivity contribution in [2.24, 2.45) is 29.1 Å². The highest BCUT2D eigenvalue weighted by atomic mass is 16.2. The zero-order chi connectivity index (χ0) is 13.4. The molecule has 0 N–H and O–H groups in total. The third-order valence-electron chi connectivity index (χ3n) is 5.04. The Morgan fingerprint density at radius 1 is 1.24 bits per heavy atom. The highest BCUT2D eigenvalue weighted by Gasteiger charge is 2.45. The van der Waals surface area contributed by atoms with E-state index in [1.165, 1.54) is 6.42 Å². The molecule has 0 heterocycles. The van der Waals surface area contributed by atoms with Crippen LogP contribution in [0.5, 0.6) is 0 Å². The minimum atomic E-state index is 0.132. The van der Waals surface area contributed by atoms with E-state index in [1.54, 1.807) is 4.90 Å². The molecule has 1 amide bonds. The first-order valence-corrected chi connectivity index (χ1v) is 6.89. The molecule has 2 heteroatoms. The van der Waals surface area contributed by atoms with Gasteiger partial charge in [0.25, 0.3) is 0 Å². The van der Waals surface area contributed by atoms with Crippen LogP contribution in [0.2, 0.25) is 0 Å². The van der Waals surface area contributed by atoms with Gasteiger partial charge in [-0.25, -0.2) is 0 Å². The molecule has 17 heavy (non-hydrogen) atoms. The lowest BCUT2D eigenvalue weighted by molar-refractivity contribution is -0.142. The standard InChI is InChI=1S/C15H29NO/c1-10(2)12-8-11(3)15(4,5)13(9-12)14(17)16(6)7/h10-13H,8-9H2,1-7H3/t11-,12?,13+/m0/s1. The molecule has 1 aliphatic carbocycles. The van der Waals surface area contributed by atoms with Gasteiger partial charge in [-0.2, -0.15) is 0 Å². The van der Waals surface area contributed by atoms with E-state index >= 15 is 0 Å². The first kappa shape index (κ1) is 14.5. The number of rotatable bonds is 2. The fourth-order valence-electron chi connectivity index (χ4n) is 3.08. The van der Waals surface area contributed by atoms with Gasteiger partial charge in [-0.05, 0) is 36.0 Å². The van der Waals surface area contributed by atoms with Crippen molar-refractivity contribution < 1.29 is 4.79 Å². The third kappa shape index (κ3) is 2.83. The van der Waals surface area contributed by atoms with Crippen LogP contribution in [-0.2, 0) is 4.79 Å². The summed E-state index contributed by atoms with van der Waals surface area (Å²) in [6.45, 7) is 11.4. The molecule has 0 aliphatic heterocycles. The molecule has 3 atom stereocenters. The molecule has 1 fully saturated rings. The van der Waals surface area contributed by atoms with Gasteiger partial charge in [-0.3, -0.25) is 4.79 Å². The first-order valence-electron chi connectivity index (χ1n) is 6.89. The van der Waals surface area contributed by atoms with Crippen LogP contribution in [0.15, 0.2) is 0 Å². The Morgan fingerprint density at radius 3 is 2.18 bits per heavy atom. The second-order valence-electron chi connectivity index (χ2n) is 6.98. The van der Waals surface area contributed by atoms with Gasteiger partial charge in [-0.1, -0.05) is 34.6 Å². The van der Waals surface area contributed by atoms with E-state index in [0.29, 0.717) is 23.7 Å². The summed E-state index contributed by atoms with van der Waals surface area (Å²) >= 11 is 0. The maximum atomic E-state index is 12.4. The summed E-state index contributed by atoms with van der Waals surface area (Å²) in [5.41, 5.74) is 0.132. The Labute approximate surface area is 107 Å². The molecule has 0 spiro atoms. The summed E-state index contributed by atoms with van der Waals surface area (Å²) in [6.07, 6.45) is 2.33. The summed E-state index contributed by atoms with van der Waals surface area (Å²) in [5.74, 6) is 2.51. The quantitative estimate of drug-likeness (QED) is 0.723. The van der Waals surface area contributed by atoms with Crippen LogP contribution in [0, 0.1) is 29.1 Å². The highest BCUT2D eigenvalue weighted by Crippen LogP contribution is 2.49. The predicted octanol–water partition coefficient (Wildman–Crippen LogP) is 3.42. The summed E-state index contributed by atoms with van der Waals surface area (Å²) < 4.78 is 0. The van der Waals surface area contributed by atoms with Crippen LogP contribution in [0.4, 0.5) is 0 Å². The SMILES string of the molecule is CC(C)C1C[C@H](C(=O)N(C)C)C(C)(C)[C@@H](C)C1. The number of nitrogens with zero attached hydrogens (tertiary/aromatic N) is 1. The summed E-state index contributed by atoms with van der Waals surface area (Å²) in [6, 6.07) is 0. The molecule has 0 aromatic rings. The molecule has 0 bridgehead atoms. The smallest absolute Gasteiger partial charge is 0.225 e. The molecule has 0 aromatic heterocycles. The second-order valence-corrected chi connectivity index (χ2v) is 6.98. The van der Waals surface area contributed by atoms with Crippen molar-refractivity contribution >= 4 is 5.91 Å². The van der Waals surface area contributed by atoms with Gasteiger partial charge in [0, 0.05) is 20.0 Å². The van der Waals surface area contributed by atoms with Crippen LogP contribution in [0.3, 0.4) is 0 Å². The molecule has 0 radical (unpaired) electrons. The fourth-order valence-corrected chi connectivity index (χ4v) is 3.08. The molecular weight excluding hydrogens is 210 g/mol. The summed E-state index contributed by atoms with van der Waals surface area (Å²) in [7, 11) is 3.75. The molecule has 1 saturated carbocycles. The molecule has 100 valence electrons. The summed E-state index contributed by atoms with van der Waals surface area (Å²) in [4.78, 5) is 14.1. The van der Waals surface area contributed by atoms with Gasteiger partial charge >= 0.3 is 0 Å². The van der Waals surface area contributed by atoms with Crippen molar-refractivity contribution in [3.63, 3.8) is 0 Å². The number of hydrogen-bond donors (Lipinski definition) is 0. The second kappa shape index (κ2) is 4.99. The largest absolute Gasteiger partial charge is 0.349 e. The Balaban J connectivity index is 2.94. The molecule has 1 rings (SSSR count). The average Bonchev–Trinajstić information content (AvgIpc) is 2.20. The molecular formula is C15H29NO. The van der Waals surface area contributed by atoms with Gasteiger partial charge in [0.1, 0.15) is 0 Å². The van der Waals surface area contributed by atoms with E-state index < -0.39 is 0 Å². The topological polar surface area (TPSA) is 20.3 Å².